The fraction of sp³-hybridized carbons (Fsp3) is 0.100. The number of benzene rings is 1. The molecule has 2 saturated carbocycles. The van der Waals surface area contributed by atoms with Crippen LogP contribution in [0.2, 0.25) is 0 Å². The van der Waals surface area contributed by atoms with Gasteiger partial charge in [0.25, 0.3) is 0 Å². The molecule has 1 aromatic carbocycles. The molecule has 5 nitrogen and oxygen atoms in total. The summed E-state index contributed by atoms with van der Waals surface area (Å²) in [5, 5.41) is 14.6. The first-order valence-corrected chi connectivity index (χ1v) is 8.86. The van der Waals surface area contributed by atoms with Crippen LogP contribution < -0.4 is 4.74 Å². The zero-order chi connectivity index (χ0) is 18.2. The number of hydrogen-bond donors (Lipinski definition) is 1. The minimum absolute atomic E-state index is 0. The summed E-state index contributed by atoms with van der Waals surface area (Å²) in [7, 11) is 0. The van der Waals surface area contributed by atoms with Crippen LogP contribution in [0.5, 0.6) is 5.75 Å². The summed E-state index contributed by atoms with van der Waals surface area (Å²) in [6.45, 7) is 0. The zero-order valence-corrected chi connectivity index (χ0v) is 16.9. The number of halogens is 1. The Labute approximate surface area is 180 Å². The Morgan fingerprint density at radius 1 is 0.926 bits per heavy atom. The van der Waals surface area contributed by atoms with Crippen LogP contribution in [0.3, 0.4) is 0 Å². The molecule has 2 aliphatic carbocycles. The molecule has 0 spiro atoms. The minimum atomic E-state index is -0.842. The van der Waals surface area contributed by atoms with Crippen LogP contribution in [0.15, 0.2) is 41.4 Å². The van der Waals surface area contributed by atoms with E-state index >= 15 is 0 Å². The third kappa shape index (κ3) is 6.90. The van der Waals surface area contributed by atoms with Crippen molar-refractivity contribution in [2.45, 2.75) is 12.3 Å². The van der Waals surface area contributed by atoms with Crippen molar-refractivity contribution in [2.75, 3.05) is 0 Å². The van der Waals surface area contributed by atoms with Crippen LogP contribution in [0.25, 0.3) is 0 Å². The molecule has 10 radical (unpaired) electrons. The molecule has 0 bridgehead atoms. The quantitative estimate of drug-likeness (QED) is 0.684. The average molecular weight is 468 g/mol. The number of aliphatic hydroxyl groups is 1. The third-order valence-corrected chi connectivity index (χ3v) is 4.15. The van der Waals surface area contributed by atoms with Gasteiger partial charge in [0.05, 0.1) is 0 Å². The van der Waals surface area contributed by atoms with Gasteiger partial charge >= 0.3 is 17.1 Å². The number of nitrogens with zero attached hydrogens (tertiary/aromatic N) is 3. The Morgan fingerprint density at radius 2 is 1.52 bits per heavy atom. The van der Waals surface area contributed by atoms with E-state index in [1.165, 1.54) is 17.3 Å². The van der Waals surface area contributed by atoms with Crippen molar-refractivity contribution in [1.29, 1.82) is 0 Å². The number of aliphatic hydroxyl groups excluding tert-OH is 1. The average Bonchev–Trinajstić information content (AvgIpc) is 3.45. The molecule has 138 valence electrons. The van der Waals surface area contributed by atoms with E-state index < -0.39 is 12.3 Å². The fourth-order valence-corrected chi connectivity index (χ4v) is 2.60. The van der Waals surface area contributed by atoms with E-state index in [2.05, 4.69) is 26.0 Å². The molecule has 2 aliphatic rings. The van der Waals surface area contributed by atoms with Crippen molar-refractivity contribution in [3.05, 3.63) is 105 Å². The van der Waals surface area contributed by atoms with Gasteiger partial charge in [-0.05, 0) is 82.1 Å². The minimum Gasteiger partial charge on any atom is -0.466 e. The van der Waals surface area contributed by atoms with Crippen LogP contribution in [0, 0.1) is 63.7 Å². The van der Waals surface area contributed by atoms with Crippen molar-refractivity contribution >= 4 is 15.9 Å². The maximum absolute atomic E-state index is 10.5. The molecule has 7 heteroatoms. The van der Waals surface area contributed by atoms with Crippen LogP contribution in [-0.2, 0) is 17.1 Å². The van der Waals surface area contributed by atoms with Gasteiger partial charge in [0.2, 0.25) is 6.23 Å². The molecule has 0 amide bonds. The summed E-state index contributed by atoms with van der Waals surface area (Å²) >= 11 is 3.38. The van der Waals surface area contributed by atoms with Gasteiger partial charge < -0.3 is 9.84 Å². The molecule has 0 aliphatic heterocycles. The molecule has 2 unspecified atom stereocenters. The van der Waals surface area contributed by atoms with E-state index in [0.717, 1.165) is 10.4 Å². The third-order valence-electron chi connectivity index (χ3n) is 3.62. The van der Waals surface area contributed by atoms with E-state index in [1.54, 1.807) is 0 Å². The Balaban J connectivity index is 0.000000379. The number of aromatic nitrogens is 3. The summed E-state index contributed by atoms with van der Waals surface area (Å²) in [5.41, 5.74) is 0. The van der Waals surface area contributed by atoms with Gasteiger partial charge in [-0.2, -0.15) is 5.10 Å². The van der Waals surface area contributed by atoms with Crippen LogP contribution in [-0.4, -0.2) is 26.0 Å². The Bertz CT molecular complexity index is 622. The zero-order valence-electron chi connectivity index (χ0n) is 14.2. The first-order valence-electron chi connectivity index (χ1n) is 8.07. The van der Waals surface area contributed by atoms with Crippen LogP contribution >= 0.6 is 15.9 Å². The van der Waals surface area contributed by atoms with Crippen molar-refractivity contribution in [1.82, 2.24) is 14.8 Å². The summed E-state index contributed by atoms with van der Waals surface area (Å²) in [5.74, 6) is 1.41. The van der Waals surface area contributed by atoms with Gasteiger partial charge in [-0.3, -0.25) is 0 Å². The Hall–Kier alpha value is -0.881. The molecule has 2 fully saturated rings. The van der Waals surface area contributed by atoms with Crippen LogP contribution in [0.4, 0.5) is 0 Å². The molecular formula is C20H18BrFeN3O2+2. The standard InChI is InChI=1S/C15H13BrN3O2.C5H5.Fe/c16-12-5-7-13(8-6-12)21-15(19-10-17-9-18-19)14(20)11-3-1-2-4-11;1-2-4-5-3-1;/h1-10,14-15,20H;1-5H;/q;;+2. The molecule has 0 saturated heterocycles. The Morgan fingerprint density at radius 3 is 2.04 bits per heavy atom. The van der Waals surface area contributed by atoms with Gasteiger partial charge in [0.15, 0.2) is 0 Å². The van der Waals surface area contributed by atoms with Crippen molar-refractivity contribution < 1.29 is 26.9 Å². The molecule has 1 N–H and O–H groups in total. The predicted octanol–water partition coefficient (Wildman–Crippen LogP) is 3.40. The van der Waals surface area contributed by atoms with E-state index in [-0.39, 0.29) is 17.1 Å². The van der Waals surface area contributed by atoms with E-state index in [9.17, 15) is 5.11 Å². The molecule has 4 rings (SSSR count). The van der Waals surface area contributed by atoms with Gasteiger partial charge in [-0.1, -0.05) is 15.9 Å². The van der Waals surface area contributed by atoms with Crippen molar-refractivity contribution in [2.24, 2.45) is 0 Å². The summed E-state index contributed by atoms with van der Waals surface area (Å²) in [6.07, 6.45) is 18.8. The maximum Gasteiger partial charge on any atom is 2.00 e. The number of hydrogen-bond acceptors (Lipinski definition) is 4. The second-order valence-corrected chi connectivity index (χ2v) is 6.38. The number of ether oxygens (including phenoxy) is 1. The van der Waals surface area contributed by atoms with E-state index in [0.29, 0.717) is 5.75 Å². The molecule has 27 heavy (non-hydrogen) atoms. The summed E-state index contributed by atoms with van der Waals surface area (Å²) in [6, 6.07) is 7.41. The molecule has 1 heterocycles. The van der Waals surface area contributed by atoms with Gasteiger partial charge in [0.1, 0.15) is 24.5 Å². The first-order chi connectivity index (χ1) is 12.7. The second-order valence-electron chi connectivity index (χ2n) is 5.46. The molecular weight excluding hydrogens is 450 g/mol. The van der Waals surface area contributed by atoms with Crippen molar-refractivity contribution in [3.8, 4) is 5.75 Å². The monoisotopic (exact) mass is 467 g/mol. The topological polar surface area (TPSA) is 60.2 Å². The largest absolute Gasteiger partial charge is 2.00 e. The van der Waals surface area contributed by atoms with Gasteiger partial charge in [-0.15, -0.1) is 0 Å². The fourth-order valence-electron chi connectivity index (χ4n) is 2.34. The summed E-state index contributed by atoms with van der Waals surface area (Å²) in [4.78, 5) is 3.92. The van der Waals surface area contributed by atoms with E-state index in [4.69, 9.17) is 4.74 Å². The van der Waals surface area contributed by atoms with Gasteiger partial charge in [0, 0.05) is 10.4 Å². The molecule has 2 aromatic rings. The maximum atomic E-state index is 10.5. The first kappa shape index (κ1) is 22.4. The van der Waals surface area contributed by atoms with Gasteiger partial charge in [-0.25, -0.2) is 9.67 Å². The van der Waals surface area contributed by atoms with E-state index in [1.807, 2.05) is 82.1 Å². The normalized spacial score (nSPS) is 18.9. The SMILES string of the molecule is OC([C]1[CH][CH][CH][CH]1)C(Oc1ccc(Br)cc1)n1cncn1.[CH]1[CH][CH][CH][CH]1.[Fe+2]. The predicted molar refractivity (Wildman–Crippen MR) is 102 cm³/mol. The smallest absolute Gasteiger partial charge is 0.466 e. The summed E-state index contributed by atoms with van der Waals surface area (Å²) < 4.78 is 8.35. The van der Waals surface area contributed by atoms with Crippen molar-refractivity contribution in [3.63, 3.8) is 0 Å². The molecule has 2 atom stereocenters. The molecule has 1 aromatic heterocycles. The second kappa shape index (κ2) is 11.8. The Kier molecular flexibility index (Phi) is 9.83. The number of rotatable bonds is 5. The van der Waals surface area contributed by atoms with Crippen LogP contribution in [0.1, 0.15) is 6.23 Å².